The fourth-order valence-corrected chi connectivity index (χ4v) is 5.32. The monoisotopic (exact) mass is 385 g/mol. The van der Waals surface area contributed by atoms with Crippen LogP contribution in [0.2, 0.25) is 0 Å². The lowest BCUT2D eigenvalue weighted by molar-refractivity contribution is -0.113. The van der Waals surface area contributed by atoms with E-state index in [1.807, 2.05) is 30.3 Å². The lowest BCUT2D eigenvalue weighted by Crippen LogP contribution is -2.21. The second kappa shape index (κ2) is 7.25. The van der Waals surface area contributed by atoms with Gasteiger partial charge in [-0.2, -0.15) is 0 Å². The number of hydrogen-bond donors (Lipinski definition) is 1. The van der Waals surface area contributed by atoms with Gasteiger partial charge in [-0.1, -0.05) is 30.0 Å². The van der Waals surface area contributed by atoms with E-state index in [1.165, 1.54) is 28.6 Å². The van der Waals surface area contributed by atoms with Gasteiger partial charge in [0.05, 0.1) is 11.1 Å². The van der Waals surface area contributed by atoms with E-state index in [2.05, 4.69) is 10.3 Å². The van der Waals surface area contributed by atoms with Crippen LogP contribution in [0.15, 0.2) is 40.3 Å². The quantitative estimate of drug-likeness (QED) is 0.550. The molecule has 1 aliphatic rings. The third-order valence-electron chi connectivity index (χ3n) is 4.55. The Bertz CT molecular complexity index is 1020. The van der Waals surface area contributed by atoms with Crippen LogP contribution in [0.4, 0.5) is 5.69 Å². The summed E-state index contributed by atoms with van der Waals surface area (Å²) in [5, 5.41) is 4.22. The molecular weight excluding hydrogens is 366 g/mol. The fourth-order valence-electron chi connectivity index (χ4n) is 3.24. The largest absolute Gasteiger partial charge is 0.325 e. The van der Waals surface area contributed by atoms with Gasteiger partial charge in [-0.15, -0.1) is 11.3 Å². The molecule has 0 aliphatic heterocycles. The van der Waals surface area contributed by atoms with Crippen molar-refractivity contribution in [3.8, 4) is 0 Å². The van der Waals surface area contributed by atoms with Gasteiger partial charge < -0.3 is 5.32 Å². The number of thioether (sulfide) groups is 1. The smallest absolute Gasteiger partial charge is 0.262 e. The van der Waals surface area contributed by atoms with Crippen molar-refractivity contribution in [2.24, 2.45) is 7.05 Å². The Balaban J connectivity index is 1.56. The Morgan fingerprint density at radius 3 is 2.85 bits per heavy atom. The van der Waals surface area contributed by atoms with Gasteiger partial charge in [-0.05, 0) is 43.4 Å². The van der Waals surface area contributed by atoms with Crippen LogP contribution in [-0.2, 0) is 24.7 Å². The summed E-state index contributed by atoms with van der Waals surface area (Å²) in [4.78, 5) is 31.8. The molecule has 4 rings (SSSR count). The van der Waals surface area contributed by atoms with Crippen molar-refractivity contribution in [3.05, 3.63) is 51.1 Å². The number of nitrogens with one attached hydrogen (secondary N) is 1. The number of benzene rings is 1. The Morgan fingerprint density at radius 2 is 2.04 bits per heavy atom. The van der Waals surface area contributed by atoms with Crippen molar-refractivity contribution in [2.45, 2.75) is 30.8 Å². The van der Waals surface area contributed by atoms with Crippen molar-refractivity contribution >= 4 is 44.9 Å². The van der Waals surface area contributed by atoms with E-state index >= 15 is 0 Å². The minimum atomic E-state index is -0.110. The molecule has 7 heteroatoms. The summed E-state index contributed by atoms with van der Waals surface area (Å²) in [6.07, 6.45) is 4.33. The highest BCUT2D eigenvalue weighted by molar-refractivity contribution is 7.99. The highest BCUT2D eigenvalue weighted by Gasteiger charge is 2.21. The number of fused-ring (bicyclic) bond motifs is 3. The summed E-state index contributed by atoms with van der Waals surface area (Å²) in [5.74, 6) is 0.104. The highest BCUT2D eigenvalue weighted by atomic mass is 32.2. The molecule has 1 aliphatic carbocycles. The van der Waals surface area contributed by atoms with Crippen LogP contribution in [0, 0.1) is 0 Å². The zero-order chi connectivity index (χ0) is 18.1. The zero-order valence-electron chi connectivity index (χ0n) is 14.4. The van der Waals surface area contributed by atoms with Crippen LogP contribution in [0.25, 0.3) is 10.2 Å². The normalized spacial score (nSPS) is 13.6. The van der Waals surface area contributed by atoms with Crippen molar-refractivity contribution in [1.82, 2.24) is 9.55 Å². The van der Waals surface area contributed by atoms with Gasteiger partial charge in [0.1, 0.15) is 4.83 Å². The number of rotatable bonds is 4. The second-order valence-corrected chi connectivity index (χ2v) is 8.38. The minimum absolute atomic E-state index is 0.000340. The standard InChI is InChI=1S/C19H19N3O2S2/c1-22-18(24)16-13-9-5-6-10-14(13)26-17(16)21-19(22)25-11-15(23)20-12-7-3-2-4-8-12/h2-4,7-8H,5-6,9-11H2,1H3,(H,20,23). The predicted molar refractivity (Wildman–Crippen MR) is 107 cm³/mol. The molecule has 0 radical (unpaired) electrons. The van der Waals surface area contributed by atoms with Crippen LogP contribution in [-0.4, -0.2) is 21.2 Å². The fraction of sp³-hybridized carbons (Fsp3) is 0.316. The number of carbonyl (C=O) groups excluding carboxylic acids is 1. The van der Waals surface area contributed by atoms with E-state index in [-0.39, 0.29) is 17.2 Å². The Hall–Kier alpha value is -2.12. The molecule has 26 heavy (non-hydrogen) atoms. The van der Waals surface area contributed by atoms with Gasteiger partial charge in [-0.3, -0.25) is 14.2 Å². The number of aromatic nitrogens is 2. The molecule has 0 atom stereocenters. The Labute approximate surface area is 159 Å². The van der Waals surface area contributed by atoms with Crippen molar-refractivity contribution in [2.75, 3.05) is 11.1 Å². The second-order valence-electron chi connectivity index (χ2n) is 6.35. The maximum absolute atomic E-state index is 12.8. The molecule has 0 fully saturated rings. The van der Waals surface area contributed by atoms with E-state index in [1.54, 1.807) is 23.0 Å². The van der Waals surface area contributed by atoms with Gasteiger partial charge in [0.2, 0.25) is 5.91 Å². The number of nitrogens with zero attached hydrogens (tertiary/aromatic N) is 2. The summed E-state index contributed by atoms with van der Waals surface area (Å²) in [7, 11) is 1.74. The van der Waals surface area contributed by atoms with Crippen LogP contribution in [0.3, 0.4) is 0 Å². The van der Waals surface area contributed by atoms with Crippen molar-refractivity contribution in [3.63, 3.8) is 0 Å². The maximum atomic E-state index is 12.8. The topological polar surface area (TPSA) is 64.0 Å². The summed E-state index contributed by atoms with van der Waals surface area (Å²) in [6, 6.07) is 9.35. The zero-order valence-corrected chi connectivity index (χ0v) is 16.1. The number of aryl methyl sites for hydroxylation is 2. The van der Waals surface area contributed by atoms with Crippen molar-refractivity contribution < 1.29 is 4.79 Å². The van der Waals surface area contributed by atoms with Crippen molar-refractivity contribution in [1.29, 1.82) is 0 Å². The third kappa shape index (κ3) is 3.29. The van der Waals surface area contributed by atoms with Crippen LogP contribution in [0.1, 0.15) is 23.3 Å². The molecule has 1 aromatic carbocycles. The Morgan fingerprint density at radius 1 is 1.27 bits per heavy atom. The lowest BCUT2D eigenvalue weighted by atomic mass is 9.97. The molecule has 0 spiro atoms. The number of anilines is 1. The maximum Gasteiger partial charge on any atom is 0.262 e. The first-order valence-electron chi connectivity index (χ1n) is 8.62. The Kier molecular flexibility index (Phi) is 4.82. The molecule has 2 heterocycles. The SMILES string of the molecule is Cn1c(SCC(=O)Nc2ccccc2)nc2sc3c(c2c1=O)CCCC3. The first-order valence-corrected chi connectivity index (χ1v) is 10.4. The molecule has 0 bridgehead atoms. The van der Waals surface area contributed by atoms with E-state index in [0.29, 0.717) is 5.16 Å². The first kappa shape index (κ1) is 17.3. The number of para-hydroxylation sites is 1. The molecule has 134 valence electrons. The van der Waals surface area contributed by atoms with Crippen LogP contribution >= 0.6 is 23.1 Å². The highest BCUT2D eigenvalue weighted by Crippen LogP contribution is 2.34. The average molecular weight is 386 g/mol. The van der Waals surface area contributed by atoms with E-state index in [0.717, 1.165) is 35.2 Å². The summed E-state index contributed by atoms with van der Waals surface area (Å²) < 4.78 is 1.57. The van der Waals surface area contributed by atoms with Gasteiger partial charge in [-0.25, -0.2) is 4.98 Å². The van der Waals surface area contributed by atoms with Crippen LogP contribution < -0.4 is 10.9 Å². The molecule has 1 N–H and O–H groups in total. The van der Waals surface area contributed by atoms with E-state index < -0.39 is 0 Å². The van der Waals surface area contributed by atoms with Gasteiger partial charge in [0.25, 0.3) is 5.56 Å². The van der Waals surface area contributed by atoms with Gasteiger partial charge in [0, 0.05) is 17.6 Å². The van der Waals surface area contributed by atoms with Crippen LogP contribution in [0.5, 0.6) is 0 Å². The van der Waals surface area contributed by atoms with Gasteiger partial charge in [0.15, 0.2) is 5.16 Å². The molecule has 1 amide bonds. The van der Waals surface area contributed by atoms with Gasteiger partial charge >= 0.3 is 0 Å². The third-order valence-corrected chi connectivity index (χ3v) is 6.76. The number of thiophene rings is 1. The molecule has 3 aromatic rings. The summed E-state index contributed by atoms with van der Waals surface area (Å²) >= 11 is 2.93. The predicted octanol–water partition coefficient (Wildman–Crippen LogP) is 3.60. The first-order chi connectivity index (χ1) is 12.6. The molecule has 0 unspecified atom stereocenters. The number of hydrogen-bond acceptors (Lipinski definition) is 5. The molecule has 2 aromatic heterocycles. The minimum Gasteiger partial charge on any atom is -0.325 e. The molecule has 0 saturated carbocycles. The molecular formula is C19H19N3O2S2. The average Bonchev–Trinajstić information content (AvgIpc) is 3.02. The number of amides is 1. The molecule has 0 saturated heterocycles. The lowest BCUT2D eigenvalue weighted by Gasteiger charge is -2.11. The molecule has 5 nitrogen and oxygen atoms in total. The van der Waals surface area contributed by atoms with E-state index in [4.69, 9.17) is 0 Å². The number of carbonyl (C=O) groups is 1. The summed E-state index contributed by atoms with van der Waals surface area (Å²) in [6.45, 7) is 0. The van der Waals surface area contributed by atoms with E-state index in [9.17, 15) is 9.59 Å². The summed E-state index contributed by atoms with van der Waals surface area (Å²) in [5.41, 5.74) is 1.96.